The minimum absolute atomic E-state index is 0.338. The molecule has 1 N–H and O–H groups in total. The maximum Gasteiger partial charge on any atom is 0.0443 e. The highest BCUT2D eigenvalue weighted by molar-refractivity contribution is 4.86. The first-order valence-corrected chi connectivity index (χ1v) is 5.47. The van der Waals surface area contributed by atoms with Crippen LogP contribution in [0.4, 0.5) is 0 Å². The van der Waals surface area contributed by atoms with Crippen LogP contribution in [0.2, 0.25) is 0 Å². The van der Waals surface area contributed by atoms with E-state index in [1.807, 2.05) is 0 Å². The molecule has 3 heteroatoms. The van der Waals surface area contributed by atoms with Crippen molar-refractivity contribution in [2.24, 2.45) is 0 Å². The summed E-state index contributed by atoms with van der Waals surface area (Å²) in [7, 11) is 0. The molecule has 1 atom stereocenters. The highest BCUT2D eigenvalue weighted by atomic mass is 16.3. The Kier molecular flexibility index (Phi) is 3.19. The van der Waals surface area contributed by atoms with E-state index in [2.05, 4.69) is 9.80 Å². The third-order valence-electron chi connectivity index (χ3n) is 3.30. The SMILES string of the molecule is OCCCN1CCN2CCCC2C1. The molecule has 2 saturated heterocycles. The van der Waals surface area contributed by atoms with Crippen LogP contribution in [0.1, 0.15) is 19.3 Å². The molecule has 0 radical (unpaired) electrons. The van der Waals surface area contributed by atoms with Crippen molar-refractivity contribution in [3.8, 4) is 0 Å². The first-order valence-electron chi connectivity index (χ1n) is 5.47. The quantitative estimate of drug-likeness (QED) is 0.676. The lowest BCUT2D eigenvalue weighted by molar-refractivity contribution is 0.0985. The fraction of sp³-hybridized carbons (Fsp3) is 1.00. The van der Waals surface area contributed by atoms with Crippen LogP contribution in [0.15, 0.2) is 0 Å². The summed E-state index contributed by atoms with van der Waals surface area (Å²) in [6.07, 6.45) is 3.71. The summed E-state index contributed by atoms with van der Waals surface area (Å²) >= 11 is 0. The Morgan fingerprint density at radius 3 is 3.00 bits per heavy atom. The van der Waals surface area contributed by atoms with Crippen molar-refractivity contribution >= 4 is 0 Å². The van der Waals surface area contributed by atoms with Crippen LogP contribution in [-0.2, 0) is 0 Å². The molecular weight excluding hydrogens is 164 g/mol. The Morgan fingerprint density at radius 2 is 2.15 bits per heavy atom. The van der Waals surface area contributed by atoms with Crippen molar-refractivity contribution in [2.45, 2.75) is 25.3 Å². The van der Waals surface area contributed by atoms with Crippen molar-refractivity contribution < 1.29 is 5.11 Å². The van der Waals surface area contributed by atoms with Gasteiger partial charge in [0.05, 0.1) is 0 Å². The molecule has 0 amide bonds. The third-order valence-corrected chi connectivity index (χ3v) is 3.30. The van der Waals surface area contributed by atoms with Crippen molar-refractivity contribution in [2.75, 3.05) is 39.3 Å². The van der Waals surface area contributed by atoms with E-state index in [0.29, 0.717) is 6.61 Å². The summed E-state index contributed by atoms with van der Waals surface area (Å²) in [6.45, 7) is 6.43. The topological polar surface area (TPSA) is 26.7 Å². The molecule has 0 aromatic rings. The number of nitrogens with zero attached hydrogens (tertiary/aromatic N) is 2. The van der Waals surface area contributed by atoms with Crippen LogP contribution in [0.25, 0.3) is 0 Å². The number of fused-ring (bicyclic) bond motifs is 1. The third kappa shape index (κ3) is 2.22. The summed E-state index contributed by atoms with van der Waals surface area (Å²) in [4.78, 5) is 5.12. The number of aliphatic hydroxyl groups is 1. The molecule has 3 nitrogen and oxygen atoms in total. The number of hydrogen-bond donors (Lipinski definition) is 1. The molecule has 2 heterocycles. The van der Waals surface area contributed by atoms with Crippen molar-refractivity contribution in [1.82, 2.24) is 9.80 Å². The molecular formula is C10H20N2O. The predicted octanol–water partition coefficient (Wildman–Crippen LogP) is 0.149. The van der Waals surface area contributed by atoms with Gasteiger partial charge in [0.2, 0.25) is 0 Å². The number of piperazine rings is 1. The molecule has 2 aliphatic heterocycles. The van der Waals surface area contributed by atoms with Gasteiger partial charge in [0.15, 0.2) is 0 Å². The Bertz CT molecular complexity index is 163. The summed E-state index contributed by atoms with van der Waals surface area (Å²) in [6, 6.07) is 0.826. The van der Waals surface area contributed by atoms with E-state index in [4.69, 9.17) is 5.11 Å². The maximum atomic E-state index is 8.75. The fourth-order valence-corrected chi connectivity index (χ4v) is 2.55. The van der Waals surface area contributed by atoms with Gasteiger partial charge >= 0.3 is 0 Å². The summed E-state index contributed by atoms with van der Waals surface area (Å²) in [5, 5.41) is 8.75. The minimum atomic E-state index is 0.338. The Morgan fingerprint density at radius 1 is 1.23 bits per heavy atom. The van der Waals surface area contributed by atoms with Crippen LogP contribution >= 0.6 is 0 Å². The smallest absolute Gasteiger partial charge is 0.0443 e. The largest absolute Gasteiger partial charge is 0.396 e. The molecule has 13 heavy (non-hydrogen) atoms. The monoisotopic (exact) mass is 184 g/mol. The van der Waals surface area contributed by atoms with E-state index in [1.54, 1.807) is 0 Å². The zero-order valence-corrected chi connectivity index (χ0v) is 8.28. The lowest BCUT2D eigenvalue weighted by Gasteiger charge is -2.37. The van der Waals surface area contributed by atoms with Gasteiger partial charge in [0.25, 0.3) is 0 Å². The predicted molar refractivity (Wildman–Crippen MR) is 52.7 cm³/mol. The number of hydrogen-bond acceptors (Lipinski definition) is 3. The molecule has 0 aromatic carbocycles. The molecule has 2 rings (SSSR count). The van der Waals surface area contributed by atoms with Gasteiger partial charge in [0, 0.05) is 38.8 Å². The van der Waals surface area contributed by atoms with Crippen LogP contribution in [-0.4, -0.2) is 60.3 Å². The Labute approximate surface area is 80.3 Å². The van der Waals surface area contributed by atoms with Crippen LogP contribution < -0.4 is 0 Å². The van der Waals surface area contributed by atoms with Gasteiger partial charge in [-0.1, -0.05) is 0 Å². The second-order valence-electron chi connectivity index (χ2n) is 4.21. The Balaban J connectivity index is 1.76. The van der Waals surface area contributed by atoms with Gasteiger partial charge in [-0.15, -0.1) is 0 Å². The lowest BCUT2D eigenvalue weighted by atomic mass is 10.1. The molecule has 0 aliphatic carbocycles. The van der Waals surface area contributed by atoms with Crippen molar-refractivity contribution in [3.63, 3.8) is 0 Å². The maximum absolute atomic E-state index is 8.75. The van der Waals surface area contributed by atoms with E-state index in [9.17, 15) is 0 Å². The van der Waals surface area contributed by atoms with Gasteiger partial charge in [-0.3, -0.25) is 4.90 Å². The second kappa shape index (κ2) is 4.40. The summed E-state index contributed by atoms with van der Waals surface area (Å²) in [5.74, 6) is 0. The van der Waals surface area contributed by atoms with Crippen LogP contribution in [0.5, 0.6) is 0 Å². The lowest BCUT2D eigenvalue weighted by Crippen LogP contribution is -2.50. The van der Waals surface area contributed by atoms with E-state index < -0.39 is 0 Å². The van der Waals surface area contributed by atoms with E-state index in [-0.39, 0.29) is 0 Å². The fourth-order valence-electron chi connectivity index (χ4n) is 2.55. The number of aliphatic hydroxyl groups excluding tert-OH is 1. The van der Waals surface area contributed by atoms with Gasteiger partial charge in [-0.2, -0.15) is 0 Å². The minimum Gasteiger partial charge on any atom is -0.396 e. The van der Waals surface area contributed by atoms with Crippen LogP contribution in [0.3, 0.4) is 0 Å². The number of rotatable bonds is 3. The van der Waals surface area contributed by atoms with Gasteiger partial charge in [-0.25, -0.2) is 0 Å². The molecule has 76 valence electrons. The van der Waals surface area contributed by atoms with Crippen LogP contribution in [0, 0.1) is 0 Å². The Hall–Kier alpha value is -0.120. The normalized spacial score (nSPS) is 30.7. The highest BCUT2D eigenvalue weighted by Gasteiger charge is 2.29. The zero-order valence-electron chi connectivity index (χ0n) is 8.28. The summed E-state index contributed by atoms with van der Waals surface area (Å²) < 4.78 is 0. The molecule has 0 spiro atoms. The molecule has 0 saturated carbocycles. The average molecular weight is 184 g/mol. The summed E-state index contributed by atoms with van der Waals surface area (Å²) in [5.41, 5.74) is 0. The molecule has 2 aliphatic rings. The van der Waals surface area contributed by atoms with Gasteiger partial charge in [0.1, 0.15) is 0 Å². The molecule has 1 unspecified atom stereocenters. The first-order chi connectivity index (χ1) is 6.40. The van der Waals surface area contributed by atoms with E-state index >= 15 is 0 Å². The highest BCUT2D eigenvalue weighted by Crippen LogP contribution is 2.21. The van der Waals surface area contributed by atoms with Gasteiger partial charge in [-0.05, 0) is 25.8 Å². The first kappa shape index (κ1) is 9.44. The second-order valence-corrected chi connectivity index (χ2v) is 4.21. The average Bonchev–Trinajstić information content (AvgIpc) is 2.61. The van der Waals surface area contributed by atoms with Crippen molar-refractivity contribution in [1.29, 1.82) is 0 Å². The van der Waals surface area contributed by atoms with E-state index in [0.717, 1.165) is 19.0 Å². The molecule has 0 bridgehead atoms. The standard InChI is InChI=1S/C10H20N2O/c13-8-2-4-11-6-7-12-5-1-3-10(12)9-11/h10,13H,1-9H2. The van der Waals surface area contributed by atoms with E-state index in [1.165, 1.54) is 39.0 Å². The van der Waals surface area contributed by atoms with Crippen molar-refractivity contribution in [3.05, 3.63) is 0 Å². The molecule has 2 fully saturated rings. The zero-order chi connectivity index (χ0) is 9.10. The molecule has 0 aromatic heterocycles. The van der Waals surface area contributed by atoms with Gasteiger partial charge < -0.3 is 10.0 Å².